The maximum absolute atomic E-state index is 13.5. The summed E-state index contributed by atoms with van der Waals surface area (Å²) in [5.41, 5.74) is 3.11. The Hall–Kier alpha value is -2.95. The predicted molar refractivity (Wildman–Crippen MR) is 119 cm³/mol. The smallest absolute Gasteiger partial charge is 0.256 e. The van der Waals surface area contributed by atoms with Gasteiger partial charge in [0, 0.05) is 36.7 Å². The summed E-state index contributed by atoms with van der Waals surface area (Å²) >= 11 is 0. The van der Waals surface area contributed by atoms with Gasteiger partial charge in [0.1, 0.15) is 0 Å². The van der Waals surface area contributed by atoms with E-state index in [0.29, 0.717) is 0 Å². The first-order valence-corrected chi connectivity index (χ1v) is 10.7. The third-order valence-corrected chi connectivity index (χ3v) is 6.23. The van der Waals surface area contributed by atoms with E-state index in [2.05, 4.69) is 17.0 Å². The van der Waals surface area contributed by atoms with Crippen LogP contribution >= 0.6 is 0 Å². The van der Waals surface area contributed by atoms with Crippen molar-refractivity contribution in [3.8, 4) is 11.5 Å². The summed E-state index contributed by atoms with van der Waals surface area (Å²) in [4.78, 5) is 15.6. The van der Waals surface area contributed by atoms with Gasteiger partial charge >= 0.3 is 0 Å². The maximum Gasteiger partial charge on any atom is 0.256 e. The fourth-order valence-electron chi connectivity index (χ4n) is 4.60. The summed E-state index contributed by atoms with van der Waals surface area (Å²) in [6.07, 6.45) is 7.15. The first-order valence-electron chi connectivity index (χ1n) is 10.7. The van der Waals surface area contributed by atoms with E-state index in [9.17, 15) is 4.79 Å². The van der Waals surface area contributed by atoms with Crippen LogP contribution in [0.4, 0.5) is 0 Å². The van der Waals surface area contributed by atoms with E-state index in [4.69, 9.17) is 9.47 Å². The molecule has 0 saturated carbocycles. The van der Waals surface area contributed by atoms with Crippen molar-refractivity contribution in [1.82, 2.24) is 9.47 Å². The third kappa shape index (κ3) is 3.89. The number of aromatic nitrogens is 1. The zero-order valence-electron chi connectivity index (χ0n) is 18.1. The van der Waals surface area contributed by atoms with Crippen LogP contribution in [0.2, 0.25) is 0 Å². The van der Waals surface area contributed by atoms with Crippen LogP contribution < -0.4 is 9.47 Å². The van der Waals surface area contributed by atoms with Crippen molar-refractivity contribution in [1.29, 1.82) is 0 Å². The number of carbonyl (C=O) groups is 1. The number of likely N-dealkylation sites (tertiary alicyclic amines) is 1. The molecule has 0 spiro atoms. The number of aryl methyl sites for hydroxylation is 2. The molecular formula is C25H30N2O3. The Kier molecular flexibility index (Phi) is 5.98. The van der Waals surface area contributed by atoms with Crippen LogP contribution in [-0.2, 0) is 13.5 Å². The van der Waals surface area contributed by atoms with Crippen molar-refractivity contribution in [3.63, 3.8) is 0 Å². The molecule has 2 heterocycles. The van der Waals surface area contributed by atoms with E-state index in [1.165, 1.54) is 12.0 Å². The Morgan fingerprint density at radius 3 is 2.67 bits per heavy atom. The molecule has 1 unspecified atom stereocenters. The molecule has 1 amide bonds. The number of hydrogen-bond donors (Lipinski definition) is 0. The molecule has 4 rings (SSSR count). The van der Waals surface area contributed by atoms with E-state index in [-0.39, 0.29) is 11.9 Å². The van der Waals surface area contributed by atoms with Crippen molar-refractivity contribution in [2.45, 2.75) is 38.1 Å². The fraction of sp³-hybridized carbons (Fsp3) is 0.400. The number of para-hydroxylation sites is 1. The predicted octanol–water partition coefficient (Wildman–Crippen LogP) is 4.82. The van der Waals surface area contributed by atoms with Gasteiger partial charge in [-0.3, -0.25) is 4.79 Å². The van der Waals surface area contributed by atoms with Gasteiger partial charge in [-0.2, -0.15) is 0 Å². The molecule has 30 heavy (non-hydrogen) atoms. The Bertz CT molecular complexity index is 1040. The molecule has 1 atom stereocenters. The highest BCUT2D eigenvalue weighted by atomic mass is 16.5. The number of benzene rings is 2. The summed E-state index contributed by atoms with van der Waals surface area (Å²) in [6, 6.07) is 14.5. The molecule has 3 aromatic rings. The van der Waals surface area contributed by atoms with Gasteiger partial charge in [-0.15, -0.1) is 0 Å². The van der Waals surface area contributed by atoms with Gasteiger partial charge in [0.15, 0.2) is 11.5 Å². The van der Waals surface area contributed by atoms with Crippen molar-refractivity contribution in [2.24, 2.45) is 7.05 Å². The second-order valence-electron chi connectivity index (χ2n) is 8.05. The molecule has 0 aliphatic carbocycles. The van der Waals surface area contributed by atoms with Gasteiger partial charge < -0.3 is 18.9 Å². The first-order chi connectivity index (χ1) is 14.6. The van der Waals surface area contributed by atoms with Crippen LogP contribution in [0.3, 0.4) is 0 Å². The minimum atomic E-state index is 0.156. The van der Waals surface area contributed by atoms with E-state index < -0.39 is 0 Å². The summed E-state index contributed by atoms with van der Waals surface area (Å²) in [5.74, 6) is 1.65. The van der Waals surface area contributed by atoms with E-state index in [0.717, 1.165) is 60.2 Å². The molecule has 0 N–H and O–H groups in total. The molecule has 158 valence electrons. The van der Waals surface area contributed by atoms with Crippen LogP contribution in [0, 0.1) is 0 Å². The molecule has 1 aromatic heterocycles. The molecule has 5 heteroatoms. The number of nitrogens with zero attached hydrogens (tertiary/aromatic N) is 2. The number of methoxy groups -OCH3 is 2. The lowest BCUT2D eigenvalue weighted by Gasteiger charge is -2.36. The molecule has 1 aliphatic heterocycles. The lowest BCUT2D eigenvalue weighted by Crippen LogP contribution is -2.44. The molecule has 2 aromatic carbocycles. The fourth-order valence-corrected chi connectivity index (χ4v) is 4.60. The van der Waals surface area contributed by atoms with Crippen molar-refractivity contribution < 1.29 is 14.3 Å². The van der Waals surface area contributed by atoms with Crippen LogP contribution in [-0.4, -0.2) is 42.2 Å². The third-order valence-electron chi connectivity index (χ3n) is 6.23. The average Bonchev–Trinajstić information content (AvgIpc) is 3.14. The monoisotopic (exact) mass is 406 g/mol. The largest absolute Gasteiger partial charge is 0.493 e. The summed E-state index contributed by atoms with van der Waals surface area (Å²) < 4.78 is 12.8. The molecule has 0 bridgehead atoms. The Balaban J connectivity index is 1.52. The SMILES string of the molecule is COc1ccc(CCC2CCCCN2C(=O)c2cn(C)c3ccccc23)cc1OC. The van der Waals surface area contributed by atoms with Gasteiger partial charge in [0.05, 0.1) is 19.8 Å². The Labute approximate surface area is 178 Å². The minimum Gasteiger partial charge on any atom is -0.493 e. The maximum atomic E-state index is 13.5. The average molecular weight is 407 g/mol. The molecule has 1 fully saturated rings. The molecule has 5 nitrogen and oxygen atoms in total. The van der Waals surface area contributed by atoms with Crippen LogP contribution in [0.1, 0.15) is 41.6 Å². The van der Waals surface area contributed by atoms with Crippen molar-refractivity contribution >= 4 is 16.8 Å². The summed E-state index contributed by atoms with van der Waals surface area (Å²) in [5, 5.41) is 1.04. The number of rotatable bonds is 6. The van der Waals surface area contributed by atoms with Crippen molar-refractivity contribution in [3.05, 3.63) is 59.8 Å². The van der Waals surface area contributed by atoms with Crippen molar-refractivity contribution in [2.75, 3.05) is 20.8 Å². The standard InChI is InChI=1S/C25H30N2O3/c1-26-17-21(20-9-4-5-10-22(20)26)25(28)27-15-7-6-8-19(27)13-11-18-12-14-23(29-2)24(16-18)30-3/h4-5,9-10,12,14,16-17,19H,6-8,11,13,15H2,1-3H3. The second-order valence-corrected chi connectivity index (χ2v) is 8.05. The van der Waals surface area contributed by atoms with E-state index >= 15 is 0 Å². The molecule has 0 radical (unpaired) electrons. The van der Waals surface area contributed by atoms with Gasteiger partial charge in [0.2, 0.25) is 0 Å². The molecular weight excluding hydrogens is 376 g/mol. The normalized spacial score (nSPS) is 16.6. The Morgan fingerprint density at radius 1 is 1.07 bits per heavy atom. The first kappa shape index (κ1) is 20.3. The second kappa shape index (κ2) is 8.82. The summed E-state index contributed by atoms with van der Waals surface area (Å²) in [7, 11) is 5.31. The van der Waals surface area contributed by atoms with Gasteiger partial charge in [-0.1, -0.05) is 24.3 Å². The van der Waals surface area contributed by atoms with Gasteiger partial charge in [0.25, 0.3) is 5.91 Å². The highest BCUT2D eigenvalue weighted by Gasteiger charge is 2.29. The quantitative estimate of drug-likeness (QED) is 0.589. The van der Waals surface area contributed by atoms with E-state index in [1.807, 2.05) is 48.1 Å². The lowest BCUT2D eigenvalue weighted by molar-refractivity contribution is 0.0603. The highest BCUT2D eigenvalue weighted by Crippen LogP contribution is 2.30. The number of fused-ring (bicyclic) bond motifs is 1. The van der Waals surface area contributed by atoms with Crippen LogP contribution in [0.15, 0.2) is 48.7 Å². The highest BCUT2D eigenvalue weighted by molar-refractivity contribution is 6.07. The topological polar surface area (TPSA) is 43.7 Å². The van der Waals surface area contributed by atoms with Gasteiger partial charge in [-0.25, -0.2) is 0 Å². The van der Waals surface area contributed by atoms with E-state index in [1.54, 1.807) is 14.2 Å². The molecule has 1 aliphatic rings. The lowest BCUT2D eigenvalue weighted by atomic mass is 9.95. The minimum absolute atomic E-state index is 0.156. The van der Waals surface area contributed by atoms with Crippen LogP contribution in [0.5, 0.6) is 11.5 Å². The number of piperidine rings is 1. The number of amides is 1. The number of ether oxygens (including phenoxy) is 2. The molecule has 1 saturated heterocycles. The summed E-state index contributed by atoms with van der Waals surface area (Å²) in [6.45, 7) is 0.832. The number of carbonyl (C=O) groups excluding carboxylic acids is 1. The Morgan fingerprint density at radius 2 is 1.87 bits per heavy atom. The van der Waals surface area contributed by atoms with Gasteiger partial charge in [-0.05, 0) is 55.9 Å². The zero-order valence-corrected chi connectivity index (χ0v) is 18.1. The van der Waals surface area contributed by atoms with Crippen LogP contribution in [0.25, 0.3) is 10.9 Å². The number of hydrogen-bond acceptors (Lipinski definition) is 3. The zero-order chi connectivity index (χ0) is 21.1.